The van der Waals surface area contributed by atoms with E-state index in [4.69, 9.17) is 9.59 Å². The Kier molecular flexibility index (Phi) is 13.0. The smallest absolute Gasteiger partial charge is 0.281 e. The summed E-state index contributed by atoms with van der Waals surface area (Å²) in [5, 5.41) is 0. The molecule has 1 aliphatic rings. The van der Waals surface area contributed by atoms with Gasteiger partial charge in [0.1, 0.15) is 0 Å². The molecule has 0 spiro atoms. The molecule has 14 heavy (non-hydrogen) atoms. The summed E-state index contributed by atoms with van der Waals surface area (Å²) in [6.07, 6.45) is 6.74. The summed E-state index contributed by atoms with van der Waals surface area (Å²) in [4.78, 5) is 24.9. The van der Waals surface area contributed by atoms with Gasteiger partial charge in [0.05, 0.1) is 0 Å². The van der Waals surface area contributed by atoms with Crippen LogP contribution in [0.25, 0.3) is 0 Å². The maximum Gasteiger partial charge on any atom is 0.281 e. The SMILES string of the molecule is C=CC1=[C]([Mo][N]=O)CC=C1.[C]=O.[C]=O. The molecule has 0 heterocycles. The molecule has 4 nitrogen and oxygen atoms in total. The van der Waals surface area contributed by atoms with Gasteiger partial charge in [-0.3, -0.25) is 9.59 Å². The topological polar surface area (TPSA) is 63.6 Å². The second-order valence-electron chi connectivity index (χ2n) is 1.85. The molecule has 0 saturated carbocycles. The van der Waals surface area contributed by atoms with E-state index in [1.807, 2.05) is 12.2 Å². The van der Waals surface area contributed by atoms with E-state index in [2.05, 4.69) is 23.9 Å². The van der Waals surface area contributed by atoms with E-state index in [1.165, 1.54) is 3.96 Å². The van der Waals surface area contributed by atoms with E-state index in [1.54, 1.807) is 6.08 Å². The van der Waals surface area contributed by atoms with Crippen LogP contribution >= 0.6 is 0 Å². The number of carbonyl (C=O) groups excluding carboxylic acids is 2. The predicted octanol–water partition coefficient (Wildman–Crippen LogP) is 1.36. The van der Waals surface area contributed by atoms with Crippen LogP contribution in [0.5, 0.6) is 0 Å². The summed E-state index contributed by atoms with van der Waals surface area (Å²) < 4.78 is 4.15. The Balaban J connectivity index is 0. The van der Waals surface area contributed by atoms with Gasteiger partial charge in [0.2, 0.25) is 0 Å². The molecule has 1 aliphatic carbocycles. The van der Waals surface area contributed by atoms with Gasteiger partial charge in [0.15, 0.2) is 0 Å². The second-order valence-corrected chi connectivity index (χ2v) is 3.88. The summed E-state index contributed by atoms with van der Waals surface area (Å²) in [5.41, 5.74) is 1.11. The molecule has 4 radical (unpaired) electrons. The molecular formula is C9H7MoNO3. The second kappa shape index (κ2) is 11.8. The van der Waals surface area contributed by atoms with Crippen LogP contribution in [0.2, 0.25) is 0 Å². The molecule has 0 atom stereocenters. The van der Waals surface area contributed by atoms with Crippen LogP contribution in [0.3, 0.4) is 0 Å². The minimum absolute atomic E-state index is 0.772. The Morgan fingerprint density at radius 2 is 2.00 bits per heavy atom. The minimum Gasteiger partial charge on any atom is -0.281 e. The summed E-state index contributed by atoms with van der Waals surface area (Å²) in [6, 6.07) is 0. The first-order valence-corrected chi connectivity index (χ1v) is 5.21. The zero-order valence-electron chi connectivity index (χ0n) is 7.23. The maximum absolute atomic E-state index is 9.93. The van der Waals surface area contributed by atoms with Crippen LogP contribution < -0.4 is 0 Å². The van der Waals surface area contributed by atoms with Gasteiger partial charge in [0.25, 0.3) is 13.6 Å². The molecule has 0 N–H and O–H groups in total. The Bertz CT molecular complexity index is 246. The first kappa shape index (κ1) is 15.3. The number of nitrogens with zero attached hydrogens (tertiary/aromatic N) is 1. The van der Waals surface area contributed by atoms with Crippen molar-refractivity contribution in [2.75, 3.05) is 0 Å². The van der Waals surface area contributed by atoms with Crippen molar-refractivity contribution in [3.8, 4) is 0 Å². The fourth-order valence-electron chi connectivity index (χ4n) is 0.821. The van der Waals surface area contributed by atoms with Gasteiger partial charge in [-0.15, -0.1) is 0 Å². The van der Waals surface area contributed by atoms with Crippen molar-refractivity contribution in [1.29, 1.82) is 0 Å². The summed E-state index contributed by atoms with van der Waals surface area (Å²) in [6.45, 7) is 12.6. The van der Waals surface area contributed by atoms with Crippen LogP contribution in [0.4, 0.5) is 0 Å². The molecule has 0 aromatic carbocycles. The molecule has 72 valence electrons. The minimum atomic E-state index is -0.772. The van der Waals surface area contributed by atoms with Gasteiger partial charge < -0.3 is 0 Å². The Morgan fingerprint density at radius 3 is 2.43 bits per heavy atom. The Labute approximate surface area is 91.6 Å². The van der Waals surface area contributed by atoms with Crippen molar-refractivity contribution in [2.45, 2.75) is 6.42 Å². The molecular weight excluding hydrogens is 266 g/mol. The van der Waals surface area contributed by atoms with Crippen LogP contribution in [0.15, 0.2) is 38.1 Å². The van der Waals surface area contributed by atoms with E-state index < -0.39 is 18.8 Å². The molecule has 5 heteroatoms. The van der Waals surface area contributed by atoms with Gasteiger partial charge in [-0.25, -0.2) is 0 Å². The first-order valence-electron chi connectivity index (χ1n) is 3.31. The Hall–Kier alpha value is -1.15. The molecule has 1 rings (SSSR count). The largest absolute Gasteiger partial charge is 0.281 e. The summed E-state index contributed by atoms with van der Waals surface area (Å²) in [7, 11) is 0. The van der Waals surface area contributed by atoms with Crippen LogP contribution in [-0.4, -0.2) is 13.6 Å². The van der Waals surface area contributed by atoms with Gasteiger partial charge >= 0.3 is 68.2 Å². The van der Waals surface area contributed by atoms with E-state index in [0.29, 0.717) is 0 Å². The average molecular weight is 273 g/mol. The molecule has 0 unspecified atom stereocenters. The van der Waals surface area contributed by atoms with E-state index in [-0.39, 0.29) is 0 Å². The molecule has 0 saturated heterocycles. The van der Waals surface area contributed by atoms with Crippen LogP contribution in [-0.2, 0) is 28.4 Å². The average Bonchev–Trinajstić information content (AvgIpc) is 2.72. The number of nitroso groups, excluding NO2 is 1. The molecule has 0 aliphatic heterocycles. The summed E-state index contributed by atoms with van der Waals surface area (Å²) in [5.74, 6) is 0. The normalized spacial score (nSPS) is 12.0. The molecule has 0 bridgehead atoms. The zero-order chi connectivity index (χ0) is 11.4. The van der Waals surface area contributed by atoms with Gasteiger partial charge in [0, 0.05) is 0 Å². The summed E-state index contributed by atoms with van der Waals surface area (Å²) >= 11 is -0.772. The van der Waals surface area contributed by atoms with Crippen molar-refractivity contribution < 1.29 is 28.4 Å². The Morgan fingerprint density at radius 1 is 1.43 bits per heavy atom. The van der Waals surface area contributed by atoms with E-state index >= 15 is 0 Å². The van der Waals surface area contributed by atoms with Crippen molar-refractivity contribution >= 4 is 13.6 Å². The third-order valence-corrected chi connectivity index (χ3v) is 3.00. The molecule has 0 aromatic rings. The first-order chi connectivity index (χ1) is 6.88. The number of hydrogen-bond donors (Lipinski definition) is 0. The number of allylic oxidation sites excluding steroid dienone is 5. The van der Waals surface area contributed by atoms with Crippen molar-refractivity contribution in [1.82, 2.24) is 0 Å². The quantitative estimate of drug-likeness (QED) is 0.576. The molecule has 0 amide bonds. The third kappa shape index (κ3) is 5.49. The monoisotopic (exact) mass is 275 g/mol. The van der Waals surface area contributed by atoms with Gasteiger partial charge in [-0.1, -0.05) is 0 Å². The fraction of sp³-hybridized carbons (Fsp3) is 0.111. The van der Waals surface area contributed by atoms with Crippen molar-refractivity contribution in [3.05, 3.63) is 39.2 Å². The van der Waals surface area contributed by atoms with Crippen LogP contribution in [0.1, 0.15) is 6.42 Å². The van der Waals surface area contributed by atoms with Gasteiger partial charge in [-0.2, -0.15) is 0 Å². The number of rotatable bonds is 3. The predicted molar refractivity (Wildman–Crippen MR) is 48.2 cm³/mol. The van der Waals surface area contributed by atoms with Crippen molar-refractivity contribution in [2.24, 2.45) is 3.74 Å². The van der Waals surface area contributed by atoms with E-state index in [0.717, 1.165) is 12.0 Å². The molecule has 0 fully saturated rings. The molecule has 0 aromatic heterocycles. The fourth-order valence-corrected chi connectivity index (χ4v) is 2.09. The van der Waals surface area contributed by atoms with Crippen LogP contribution in [0, 0.1) is 4.91 Å². The van der Waals surface area contributed by atoms with E-state index in [9.17, 15) is 4.91 Å². The zero-order valence-corrected chi connectivity index (χ0v) is 9.23. The maximum atomic E-state index is 9.93. The number of hydrogen-bond acceptors (Lipinski definition) is 4. The standard InChI is InChI=1S/C7H7.2CO.Mo.NO/c1-2-7-5-3-4-6-7;2*1-2;;1-2/h2-3,5H,1,4H2;;;;/q;;;+1;-1. The third-order valence-electron chi connectivity index (χ3n) is 1.29. The van der Waals surface area contributed by atoms with Crippen molar-refractivity contribution in [3.63, 3.8) is 0 Å². The van der Waals surface area contributed by atoms with Gasteiger partial charge in [-0.05, 0) is 0 Å².